The number of aliphatic imine (C=N–C) groups is 1. The fourth-order valence-electron chi connectivity index (χ4n) is 2.99. The summed E-state index contributed by atoms with van der Waals surface area (Å²) < 4.78 is 7.10. The van der Waals surface area contributed by atoms with Crippen LogP contribution in [-0.2, 0) is 24.3 Å². The number of hydrogen-bond donors (Lipinski definition) is 2. The lowest BCUT2D eigenvalue weighted by Crippen LogP contribution is -2.48. The topological polar surface area (TPSA) is 76.4 Å². The van der Waals surface area contributed by atoms with Gasteiger partial charge in [-0.05, 0) is 25.2 Å². The molecule has 1 atom stereocenters. The number of aryl methyl sites for hydroxylation is 1. The standard InChI is InChI=1S/C15H26N6O.HI/c1-16-15(17-8-11-4-3-5-11)18-12-6-7-14-19-13(10-22-2)20-21(14)9-12;/h11-12H,3-10H2,1-2H3,(H2,16,17,18);1H. The monoisotopic (exact) mass is 434 g/mol. The first-order chi connectivity index (χ1) is 10.8. The molecule has 0 saturated heterocycles. The predicted molar refractivity (Wildman–Crippen MR) is 100 cm³/mol. The van der Waals surface area contributed by atoms with E-state index >= 15 is 0 Å². The first-order valence-corrected chi connectivity index (χ1v) is 8.17. The Balaban J connectivity index is 0.00000192. The number of nitrogens with one attached hydrogen (secondary N) is 2. The first-order valence-electron chi connectivity index (χ1n) is 8.17. The molecule has 0 spiro atoms. The van der Waals surface area contributed by atoms with Crippen LogP contribution in [0.25, 0.3) is 0 Å². The largest absolute Gasteiger partial charge is 0.377 e. The van der Waals surface area contributed by atoms with Gasteiger partial charge in [-0.1, -0.05) is 6.42 Å². The van der Waals surface area contributed by atoms with Crippen LogP contribution in [0.15, 0.2) is 4.99 Å². The van der Waals surface area contributed by atoms with E-state index in [0.717, 1.165) is 49.5 Å². The van der Waals surface area contributed by atoms with Crippen LogP contribution < -0.4 is 10.6 Å². The van der Waals surface area contributed by atoms with Crippen LogP contribution in [0.3, 0.4) is 0 Å². The zero-order valence-corrected chi connectivity index (χ0v) is 16.2. The summed E-state index contributed by atoms with van der Waals surface area (Å²) >= 11 is 0. The molecule has 1 aromatic heterocycles. The van der Waals surface area contributed by atoms with Gasteiger partial charge in [0.15, 0.2) is 11.8 Å². The third-order valence-electron chi connectivity index (χ3n) is 4.52. The molecule has 23 heavy (non-hydrogen) atoms. The summed E-state index contributed by atoms with van der Waals surface area (Å²) in [5.74, 6) is 3.55. The van der Waals surface area contributed by atoms with Gasteiger partial charge in [-0.3, -0.25) is 4.99 Å². The van der Waals surface area contributed by atoms with Crippen molar-refractivity contribution in [1.29, 1.82) is 0 Å². The van der Waals surface area contributed by atoms with Crippen molar-refractivity contribution in [1.82, 2.24) is 25.4 Å². The average molecular weight is 434 g/mol. The second-order valence-corrected chi connectivity index (χ2v) is 6.19. The van der Waals surface area contributed by atoms with Gasteiger partial charge in [-0.25, -0.2) is 9.67 Å². The summed E-state index contributed by atoms with van der Waals surface area (Å²) in [6.07, 6.45) is 6.05. The zero-order chi connectivity index (χ0) is 15.4. The second-order valence-electron chi connectivity index (χ2n) is 6.19. The number of methoxy groups -OCH3 is 1. The van der Waals surface area contributed by atoms with E-state index in [9.17, 15) is 0 Å². The molecule has 0 bridgehead atoms. The van der Waals surface area contributed by atoms with Crippen molar-refractivity contribution in [2.45, 2.75) is 51.3 Å². The first kappa shape index (κ1) is 18.4. The highest BCUT2D eigenvalue weighted by Gasteiger charge is 2.23. The van der Waals surface area contributed by atoms with Gasteiger partial charge in [-0.2, -0.15) is 5.10 Å². The van der Waals surface area contributed by atoms with E-state index in [2.05, 4.69) is 25.7 Å². The molecule has 2 N–H and O–H groups in total. The van der Waals surface area contributed by atoms with E-state index in [0.29, 0.717) is 12.6 Å². The quantitative estimate of drug-likeness (QED) is 0.416. The van der Waals surface area contributed by atoms with E-state index in [1.807, 2.05) is 11.7 Å². The Morgan fingerprint density at radius 3 is 2.87 bits per heavy atom. The molecule has 0 aromatic carbocycles. The number of fused-ring (bicyclic) bond motifs is 1. The minimum atomic E-state index is 0. The number of guanidine groups is 1. The van der Waals surface area contributed by atoms with Crippen molar-refractivity contribution in [3.8, 4) is 0 Å². The number of ether oxygens (including phenoxy) is 1. The maximum Gasteiger partial charge on any atom is 0.191 e. The average Bonchev–Trinajstić information content (AvgIpc) is 2.86. The van der Waals surface area contributed by atoms with Gasteiger partial charge in [-0.15, -0.1) is 24.0 Å². The van der Waals surface area contributed by atoms with Crippen LogP contribution >= 0.6 is 24.0 Å². The highest BCUT2D eigenvalue weighted by Crippen LogP contribution is 2.25. The summed E-state index contributed by atoms with van der Waals surface area (Å²) in [7, 11) is 3.50. The van der Waals surface area contributed by atoms with Crippen LogP contribution in [0, 0.1) is 5.92 Å². The molecule has 2 aliphatic rings. The van der Waals surface area contributed by atoms with Crippen LogP contribution in [0.2, 0.25) is 0 Å². The zero-order valence-electron chi connectivity index (χ0n) is 13.9. The van der Waals surface area contributed by atoms with Gasteiger partial charge in [0.1, 0.15) is 12.4 Å². The van der Waals surface area contributed by atoms with Crippen LogP contribution in [0.1, 0.15) is 37.3 Å². The summed E-state index contributed by atoms with van der Waals surface area (Å²) in [6, 6.07) is 0.345. The number of rotatable bonds is 5. The van der Waals surface area contributed by atoms with Crippen molar-refractivity contribution >= 4 is 29.9 Å². The van der Waals surface area contributed by atoms with Gasteiger partial charge in [0.05, 0.1) is 6.54 Å². The Labute approximate surface area is 154 Å². The molecule has 3 rings (SSSR count). The fraction of sp³-hybridized carbons (Fsp3) is 0.800. The van der Waals surface area contributed by atoms with Gasteiger partial charge >= 0.3 is 0 Å². The van der Waals surface area contributed by atoms with E-state index in [1.54, 1.807) is 7.11 Å². The lowest BCUT2D eigenvalue weighted by Gasteiger charge is -2.28. The van der Waals surface area contributed by atoms with Gasteiger partial charge < -0.3 is 15.4 Å². The molecule has 130 valence electrons. The second kappa shape index (κ2) is 8.81. The Morgan fingerprint density at radius 2 is 2.22 bits per heavy atom. The molecular weight excluding hydrogens is 407 g/mol. The SMILES string of the molecule is CN=C(NCC1CCC1)NC1CCc2nc(COC)nn2C1.I. The normalized spacial score (nSPS) is 21.1. The Morgan fingerprint density at radius 1 is 1.39 bits per heavy atom. The van der Waals surface area contributed by atoms with Crippen LogP contribution in [0.5, 0.6) is 0 Å². The number of hydrogen-bond acceptors (Lipinski definition) is 4. The molecule has 0 amide bonds. The van der Waals surface area contributed by atoms with Crippen molar-refractivity contribution in [3.05, 3.63) is 11.6 Å². The fourth-order valence-corrected chi connectivity index (χ4v) is 2.99. The molecule has 1 unspecified atom stereocenters. The summed E-state index contributed by atoms with van der Waals surface area (Å²) in [5, 5.41) is 11.5. The third-order valence-corrected chi connectivity index (χ3v) is 4.52. The lowest BCUT2D eigenvalue weighted by molar-refractivity contribution is 0.177. The number of nitrogens with zero attached hydrogens (tertiary/aromatic N) is 4. The number of halogens is 1. The van der Waals surface area contributed by atoms with Crippen LogP contribution in [-0.4, -0.2) is 47.5 Å². The Bertz CT molecular complexity index is 528. The Kier molecular flexibility index (Phi) is 7.07. The predicted octanol–water partition coefficient (Wildman–Crippen LogP) is 1.32. The Hall–Kier alpha value is -0.900. The van der Waals surface area contributed by atoms with E-state index < -0.39 is 0 Å². The van der Waals surface area contributed by atoms with Gasteiger partial charge in [0.25, 0.3) is 0 Å². The molecule has 0 radical (unpaired) electrons. The van der Waals surface area contributed by atoms with E-state index in [-0.39, 0.29) is 24.0 Å². The van der Waals surface area contributed by atoms with E-state index in [4.69, 9.17) is 4.74 Å². The molecular formula is C15H27IN6O. The minimum absolute atomic E-state index is 0. The molecule has 7 nitrogen and oxygen atoms in total. The number of aromatic nitrogens is 3. The van der Waals surface area contributed by atoms with Crippen molar-refractivity contribution in [2.75, 3.05) is 20.7 Å². The third kappa shape index (κ3) is 4.79. The molecule has 1 aromatic rings. The van der Waals surface area contributed by atoms with Crippen molar-refractivity contribution in [3.63, 3.8) is 0 Å². The smallest absolute Gasteiger partial charge is 0.191 e. The highest BCUT2D eigenvalue weighted by atomic mass is 127. The highest BCUT2D eigenvalue weighted by molar-refractivity contribution is 14.0. The summed E-state index contributed by atoms with van der Waals surface area (Å²) in [5.41, 5.74) is 0. The van der Waals surface area contributed by atoms with Gasteiger partial charge in [0, 0.05) is 33.2 Å². The van der Waals surface area contributed by atoms with Gasteiger partial charge in [0.2, 0.25) is 0 Å². The van der Waals surface area contributed by atoms with Crippen LogP contribution in [0.4, 0.5) is 0 Å². The maximum absolute atomic E-state index is 5.10. The maximum atomic E-state index is 5.10. The summed E-state index contributed by atoms with van der Waals surface area (Å²) in [4.78, 5) is 8.84. The molecule has 1 saturated carbocycles. The molecule has 1 aliphatic heterocycles. The molecule has 8 heteroatoms. The van der Waals surface area contributed by atoms with E-state index in [1.165, 1.54) is 19.3 Å². The molecule has 1 fully saturated rings. The van der Waals surface area contributed by atoms with Crippen molar-refractivity contribution in [2.24, 2.45) is 10.9 Å². The molecule has 2 heterocycles. The molecule has 1 aliphatic carbocycles. The lowest BCUT2D eigenvalue weighted by atomic mass is 9.85. The van der Waals surface area contributed by atoms with Crippen molar-refractivity contribution < 1.29 is 4.74 Å². The summed E-state index contributed by atoms with van der Waals surface area (Å²) in [6.45, 7) is 2.33. The minimum Gasteiger partial charge on any atom is -0.377 e.